The maximum absolute atomic E-state index is 5.67. The van der Waals surface area contributed by atoms with Crippen molar-refractivity contribution in [3.05, 3.63) is 39.5 Å². The molecule has 0 aliphatic carbocycles. The zero-order valence-electron chi connectivity index (χ0n) is 11.5. The Bertz CT molecular complexity index is 610. The summed E-state index contributed by atoms with van der Waals surface area (Å²) in [7, 11) is 0. The van der Waals surface area contributed by atoms with E-state index in [1.807, 2.05) is 0 Å². The second kappa shape index (κ2) is 5.66. The Balaban J connectivity index is 2.52. The van der Waals surface area contributed by atoms with Crippen molar-refractivity contribution in [3.63, 3.8) is 0 Å². The van der Waals surface area contributed by atoms with Gasteiger partial charge in [-0.25, -0.2) is 0 Å². The number of aromatic nitrogens is 1. The van der Waals surface area contributed by atoms with Gasteiger partial charge >= 0.3 is 0 Å². The number of rotatable bonds is 4. The summed E-state index contributed by atoms with van der Waals surface area (Å²) in [6, 6.07) is 6.35. The van der Waals surface area contributed by atoms with E-state index in [-0.39, 0.29) is 0 Å². The molecule has 0 aliphatic heterocycles. The van der Waals surface area contributed by atoms with Gasteiger partial charge < -0.3 is 4.98 Å². The number of fused-ring (bicyclic) bond motifs is 1. The van der Waals surface area contributed by atoms with Crippen LogP contribution < -0.4 is 0 Å². The zero-order chi connectivity index (χ0) is 13.1. The highest BCUT2D eigenvalue weighted by atomic mass is 32.1. The van der Waals surface area contributed by atoms with Gasteiger partial charge in [-0.1, -0.05) is 50.2 Å². The van der Waals surface area contributed by atoms with Crippen molar-refractivity contribution in [1.82, 2.24) is 4.98 Å². The zero-order valence-corrected chi connectivity index (χ0v) is 12.3. The van der Waals surface area contributed by atoms with Crippen molar-refractivity contribution in [1.29, 1.82) is 0 Å². The van der Waals surface area contributed by atoms with E-state index in [4.69, 9.17) is 12.2 Å². The lowest BCUT2D eigenvalue weighted by Crippen LogP contribution is -1.97. The number of nitrogens with one attached hydrogen (secondary N) is 1. The van der Waals surface area contributed by atoms with Crippen LogP contribution in [0.15, 0.2) is 18.2 Å². The van der Waals surface area contributed by atoms with Crippen molar-refractivity contribution in [2.24, 2.45) is 0 Å². The van der Waals surface area contributed by atoms with Gasteiger partial charge in [0.15, 0.2) is 0 Å². The molecule has 2 heteroatoms. The van der Waals surface area contributed by atoms with Crippen LogP contribution in [0.5, 0.6) is 0 Å². The van der Waals surface area contributed by atoms with Crippen LogP contribution in [0.3, 0.4) is 0 Å². The summed E-state index contributed by atoms with van der Waals surface area (Å²) in [4.78, 5) is 3.53. The van der Waals surface area contributed by atoms with E-state index in [1.54, 1.807) is 0 Å². The third kappa shape index (κ3) is 2.49. The first-order valence-corrected chi connectivity index (χ1v) is 7.17. The number of benzene rings is 1. The largest absolute Gasteiger partial charge is 0.358 e. The van der Waals surface area contributed by atoms with Gasteiger partial charge in [-0.3, -0.25) is 0 Å². The number of hydrogen-bond donors (Lipinski definition) is 1. The van der Waals surface area contributed by atoms with Gasteiger partial charge in [0, 0.05) is 16.6 Å². The van der Waals surface area contributed by atoms with E-state index in [0.717, 1.165) is 10.9 Å². The normalized spacial score (nSPS) is 11.1. The quantitative estimate of drug-likeness (QED) is 0.586. The molecule has 18 heavy (non-hydrogen) atoms. The average Bonchev–Trinajstić information content (AvgIpc) is 2.35. The molecule has 0 aliphatic rings. The summed E-state index contributed by atoms with van der Waals surface area (Å²) in [5.41, 5.74) is 5.02. The molecule has 96 valence electrons. The minimum atomic E-state index is 1.04. The first-order valence-electron chi connectivity index (χ1n) is 6.76. The summed E-state index contributed by atoms with van der Waals surface area (Å²) in [6.45, 7) is 6.50. The Morgan fingerprint density at radius 2 is 1.94 bits per heavy atom. The molecule has 1 nitrogen and oxygen atoms in total. The molecule has 0 radical (unpaired) electrons. The third-order valence-electron chi connectivity index (χ3n) is 3.59. The molecule has 0 unspecified atom stereocenters. The van der Waals surface area contributed by atoms with Crippen LogP contribution in [-0.4, -0.2) is 4.98 Å². The number of aryl methyl sites for hydroxylation is 2. The van der Waals surface area contributed by atoms with E-state index >= 15 is 0 Å². The molecule has 2 aromatic rings. The Morgan fingerprint density at radius 3 is 2.67 bits per heavy atom. The number of para-hydroxylation sites is 1. The predicted octanol–water partition coefficient (Wildman–Crippen LogP) is 5.25. The minimum Gasteiger partial charge on any atom is -0.358 e. The van der Waals surface area contributed by atoms with E-state index < -0.39 is 0 Å². The summed E-state index contributed by atoms with van der Waals surface area (Å²) >= 11 is 5.67. The molecule has 1 N–H and O–H groups in total. The Morgan fingerprint density at radius 1 is 1.17 bits per heavy atom. The summed E-state index contributed by atoms with van der Waals surface area (Å²) in [5.74, 6) is 0. The Hall–Kier alpha value is -1.15. The van der Waals surface area contributed by atoms with Gasteiger partial charge in [0.25, 0.3) is 0 Å². The number of aromatic amines is 1. The fraction of sp³-hybridized carbons (Fsp3) is 0.438. The van der Waals surface area contributed by atoms with Crippen LogP contribution in [0, 0.1) is 18.4 Å². The highest BCUT2D eigenvalue weighted by Gasteiger charge is 2.07. The molecule has 2 rings (SSSR count). The molecule has 0 saturated carbocycles. The van der Waals surface area contributed by atoms with Crippen LogP contribution in [-0.2, 0) is 6.42 Å². The first-order chi connectivity index (χ1) is 8.65. The topological polar surface area (TPSA) is 15.8 Å². The lowest BCUT2D eigenvalue weighted by molar-refractivity contribution is 0.713. The van der Waals surface area contributed by atoms with Gasteiger partial charge in [-0.2, -0.15) is 0 Å². The number of unbranched alkanes of at least 4 members (excludes halogenated alkanes) is 2. The standard InChI is InChI=1S/C16H21NS/c1-4-5-6-9-13-12(3)17-15-11(2)8-7-10-14(15)16(13)18/h7-8,10H,4-6,9H2,1-3H3,(H,17,18). The number of pyridine rings is 1. The maximum atomic E-state index is 5.67. The fourth-order valence-electron chi connectivity index (χ4n) is 2.47. The first kappa shape index (κ1) is 13.3. The van der Waals surface area contributed by atoms with Gasteiger partial charge in [0.1, 0.15) is 0 Å². The minimum absolute atomic E-state index is 1.04. The number of hydrogen-bond acceptors (Lipinski definition) is 1. The molecular weight excluding hydrogens is 238 g/mol. The highest BCUT2D eigenvalue weighted by Crippen LogP contribution is 2.23. The van der Waals surface area contributed by atoms with Crippen LogP contribution in [0.25, 0.3) is 10.9 Å². The summed E-state index contributed by atoms with van der Waals surface area (Å²) in [5, 5.41) is 1.20. The van der Waals surface area contributed by atoms with Crippen LogP contribution in [0.2, 0.25) is 0 Å². The lowest BCUT2D eigenvalue weighted by Gasteiger charge is -2.11. The monoisotopic (exact) mass is 259 g/mol. The van der Waals surface area contributed by atoms with Crippen LogP contribution in [0.4, 0.5) is 0 Å². The molecule has 0 atom stereocenters. The van der Waals surface area contributed by atoms with E-state index in [0.29, 0.717) is 0 Å². The SMILES string of the molecule is CCCCCc1c(C)[nH]c2c(C)cccc2c1=S. The molecule has 0 bridgehead atoms. The predicted molar refractivity (Wildman–Crippen MR) is 81.8 cm³/mol. The van der Waals surface area contributed by atoms with E-state index in [2.05, 4.69) is 44.0 Å². The molecular formula is C16H21NS. The van der Waals surface area contributed by atoms with Gasteiger partial charge in [0.2, 0.25) is 0 Å². The molecule has 0 fully saturated rings. The van der Waals surface area contributed by atoms with Crippen LogP contribution >= 0.6 is 12.2 Å². The van der Waals surface area contributed by atoms with Gasteiger partial charge in [-0.15, -0.1) is 0 Å². The molecule has 1 heterocycles. The molecule has 1 aromatic heterocycles. The van der Waals surface area contributed by atoms with Crippen molar-refractivity contribution in [2.75, 3.05) is 0 Å². The van der Waals surface area contributed by atoms with Crippen molar-refractivity contribution in [2.45, 2.75) is 46.5 Å². The second-order valence-corrected chi connectivity index (χ2v) is 5.42. The fourth-order valence-corrected chi connectivity index (χ4v) is 2.90. The molecule has 0 spiro atoms. The van der Waals surface area contributed by atoms with Crippen molar-refractivity contribution in [3.8, 4) is 0 Å². The van der Waals surface area contributed by atoms with Crippen molar-refractivity contribution >= 4 is 23.1 Å². The second-order valence-electron chi connectivity index (χ2n) is 5.01. The van der Waals surface area contributed by atoms with Gasteiger partial charge in [0.05, 0.1) is 4.51 Å². The Kier molecular flexibility index (Phi) is 4.18. The molecule has 1 aromatic carbocycles. The molecule has 0 amide bonds. The van der Waals surface area contributed by atoms with Gasteiger partial charge in [-0.05, 0) is 37.8 Å². The molecule has 0 saturated heterocycles. The summed E-state index contributed by atoms with van der Waals surface area (Å²) < 4.78 is 1.04. The summed E-state index contributed by atoms with van der Waals surface area (Å²) in [6.07, 6.45) is 4.85. The lowest BCUT2D eigenvalue weighted by atomic mass is 10.0. The van der Waals surface area contributed by atoms with Crippen molar-refractivity contribution < 1.29 is 0 Å². The van der Waals surface area contributed by atoms with E-state index in [9.17, 15) is 0 Å². The highest BCUT2D eigenvalue weighted by molar-refractivity contribution is 7.71. The third-order valence-corrected chi connectivity index (χ3v) is 4.05. The smallest absolute Gasteiger partial charge is 0.0519 e. The number of H-pyrrole nitrogens is 1. The Labute approximate surface area is 114 Å². The average molecular weight is 259 g/mol. The maximum Gasteiger partial charge on any atom is 0.0519 e. The van der Waals surface area contributed by atoms with Crippen LogP contribution in [0.1, 0.15) is 43.0 Å². The van der Waals surface area contributed by atoms with E-state index in [1.165, 1.54) is 47.0 Å².